The third-order valence-corrected chi connectivity index (χ3v) is 4.72. The number of hydrogen-bond acceptors (Lipinski definition) is 3. The largest absolute Gasteiger partial charge is 0.399 e. The molecule has 0 aliphatic rings. The Morgan fingerprint density at radius 1 is 1.05 bits per heavy atom. The lowest BCUT2D eigenvalue weighted by Gasteiger charge is -2.10. The van der Waals surface area contributed by atoms with Gasteiger partial charge in [-0.15, -0.1) is 0 Å². The van der Waals surface area contributed by atoms with Crippen LogP contribution in [0, 0.1) is 11.6 Å². The molecule has 20 heavy (non-hydrogen) atoms. The molecule has 0 unspecified atom stereocenters. The number of nitrogens with one attached hydrogen (secondary N) is 1. The minimum Gasteiger partial charge on any atom is -0.399 e. The molecule has 0 aliphatic carbocycles. The summed E-state index contributed by atoms with van der Waals surface area (Å²) in [6.07, 6.45) is 0. The van der Waals surface area contributed by atoms with Crippen LogP contribution in [0.2, 0.25) is 0 Å². The van der Waals surface area contributed by atoms with Crippen LogP contribution < -0.4 is 10.5 Å². The molecule has 0 aromatic heterocycles. The summed E-state index contributed by atoms with van der Waals surface area (Å²) in [5, 5.41) is 0. The predicted octanol–water partition coefficient (Wildman–Crippen LogP) is 3.11. The number of halogens is 3. The third kappa shape index (κ3) is 3.26. The van der Waals surface area contributed by atoms with Crippen molar-refractivity contribution in [3.05, 3.63) is 52.5 Å². The van der Waals surface area contributed by atoms with E-state index in [0.717, 1.165) is 12.1 Å². The first kappa shape index (κ1) is 14.7. The molecule has 8 heteroatoms. The van der Waals surface area contributed by atoms with Gasteiger partial charge in [0.15, 0.2) is 0 Å². The first-order valence-electron chi connectivity index (χ1n) is 5.32. The van der Waals surface area contributed by atoms with Gasteiger partial charge in [-0.25, -0.2) is 17.2 Å². The zero-order valence-electron chi connectivity index (χ0n) is 9.90. The first-order chi connectivity index (χ1) is 9.28. The number of benzene rings is 2. The van der Waals surface area contributed by atoms with Gasteiger partial charge < -0.3 is 5.73 Å². The Kier molecular flexibility index (Phi) is 3.96. The molecule has 0 aliphatic heterocycles. The zero-order chi connectivity index (χ0) is 14.9. The quantitative estimate of drug-likeness (QED) is 0.824. The van der Waals surface area contributed by atoms with Crippen LogP contribution in [0.3, 0.4) is 0 Å². The highest BCUT2D eigenvalue weighted by atomic mass is 79.9. The number of anilines is 2. The van der Waals surface area contributed by atoms with E-state index < -0.39 is 21.7 Å². The summed E-state index contributed by atoms with van der Waals surface area (Å²) in [5.74, 6) is -1.75. The van der Waals surface area contributed by atoms with E-state index in [4.69, 9.17) is 5.73 Å². The summed E-state index contributed by atoms with van der Waals surface area (Å²) < 4.78 is 52.7. The van der Waals surface area contributed by atoms with Gasteiger partial charge in [0.1, 0.15) is 16.5 Å². The van der Waals surface area contributed by atoms with E-state index in [1.807, 2.05) is 0 Å². The molecule has 0 bridgehead atoms. The van der Waals surface area contributed by atoms with Crippen LogP contribution in [0.4, 0.5) is 20.2 Å². The number of hydrogen-bond donors (Lipinski definition) is 2. The van der Waals surface area contributed by atoms with Crippen LogP contribution in [0.15, 0.2) is 45.8 Å². The van der Waals surface area contributed by atoms with Gasteiger partial charge in [0.25, 0.3) is 10.0 Å². The molecule has 0 amide bonds. The standard InChI is InChI=1S/C12H9BrF2N2O2S/c13-11-6-9(16)1-2-12(11)20(18,19)17-10-4-7(14)3-8(15)5-10/h1-6,17H,16H2. The van der Waals surface area contributed by atoms with Crippen LogP contribution >= 0.6 is 15.9 Å². The molecule has 0 saturated heterocycles. The maximum atomic E-state index is 13.0. The van der Waals surface area contributed by atoms with Crippen LogP contribution in [-0.4, -0.2) is 8.42 Å². The molecule has 2 rings (SSSR count). The van der Waals surface area contributed by atoms with E-state index in [2.05, 4.69) is 20.7 Å². The lowest BCUT2D eigenvalue weighted by atomic mass is 10.3. The highest BCUT2D eigenvalue weighted by molar-refractivity contribution is 9.10. The molecular formula is C12H9BrF2N2O2S. The van der Waals surface area contributed by atoms with E-state index in [-0.39, 0.29) is 15.1 Å². The fraction of sp³-hybridized carbons (Fsp3) is 0. The smallest absolute Gasteiger partial charge is 0.263 e. The topological polar surface area (TPSA) is 72.2 Å². The maximum absolute atomic E-state index is 13.0. The predicted molar refractivity (Wildman–Crippen MR) is 75.7 cm³/mol. The van der Waals surface area contributed by atoms with Crippen molar-refractivity contribution in [3.8, 4) is 0 Å². The van der Waals surface area contributed by atoms with Gasteiger partial charge in [0.2, 0.25) is 0 Å². The molecule has 0 atom stereocenters. The fourth-order valence-corrected chi connectivity index (χ4v) is 3.69. The van der Waals surface area contributed by atoms with E-state index in [9.17, 15) is 17.2 Å². The summed E-state index contributed by atoms with van der Waals surface area (Å²) in [6.45, 7) is 0. The van der Waals surface area contributed by atoms with E-state index in [1.54, 1.807) is 0 Å². The summed E-state index contributed by atoms with van der Waals surface area (Å²) in [7, 11) is -3.98. The lowest BCUT2D eigenvalue weighted by molar-refractivity contribution is 0.584. The van der Waals surface area contributed by atoms with Gasteiger partial charge in [-0.1, -0.05) is 0 Å². The van der Waals surface area contributed by atoms with E-state index in [0.29, 0.717) is 11.8 Å². The van der Waals surface area contributed by atoms with Gasteiger partial charge in [0.05, 0.1) is 5.69 Å². The van der Waals surface area contributed by atoms with Gasteiger partial charge in [-0.3, -0.25) is 4.72 Å². The van der Waals surface area contributed by atoms with Gasteiger partial charge >= 0.3 is 0 Å². The normalized spacial score (nSPS) is 11.3. The zero-order valence-corrected chi connectivity index (χ0v) is 12.3. The minimum absolute atomic E-state index is 0.0867. The van der Waals surface area contributed by atoms with Crippen molar-refractivity contribution in [1.29, 1.82) is 0 Å². The molecular weight excluding hydrogens is 354 g/mol. The summed E-state index contributed by atoms with van der Waals surface area (Å²) in [5.41, 5.74) is 5.70. The second-order valence-electron chi connectivity index (χ2n) is 3.95. The third-order valence-electron chi connectivity index (χ3n) is 2.36. The summed E-state index contributed by atoms with van der Waals surface area (Å²) in [6, 6.07) is 6.53. The fourth-order valence-electron chi connectivity index (χ4n) is 1.56. The van der Waals surface area contributed by atoms with E-state index in [1.165, 1.54) is 18.2 Å². The monoisotopic (exact) mass is 362 g/mol. The Bertz CT molecular complexity index is 746. The molecule has 2 aromatic carbocycles. The Morgan fingerprint density at radius 3 is 2.20 bits per heavy atom. The Labute approximate surface area is 122 Å². The highest BCUT2D eigenvalue weighted by Gasteiger charge is 2.18. The molecule has 0 spiro atoms. The second kappa shape index (κ2) is 5.37. The molecule has 0 heterocycles. The molecule has 3 N–H and O–H groups in total. The van der Waals surface area contributed by atoms with Gasteiger partial charge in [0, 0.05) is 16.2 Å². The average molecular weight is 363 g/mol. The van der Waals surface area contributed by atoms with Crippen molar-refractivity contribution in [2.24, 2.45) is 0 Å². The minimum atomic E-state index is -3.98. The Morgan fingerprint density at radius 2 is 1.65 bits per heavy atom. The van der Waals surface area contributed by atoms with Crippen molar-refractivity contribution in [3.63, 3.8) is 0 Å². The van der Waals surface area contributed by atoms with E-state index >= 15 is 0 Å². The molecule has 2 aromatic rings. The van der Waals surface area contributed by atoms with Crippen LogP contribution in [-0.2, 0) is 10.0 Å². The second-order valence-corrected chi connectivity index (χ2v) is 6.46. The molecule has 106 valence electrons. The number of nitrogens with two attached hydrogens (primary N) is 1. The van der Waals surface area contributed by atoms with Crippen molar-refractivity contribution in [1.82, 2.24) is 0 Å². The average Bonchev–Trinajstić information content (AvgIpc) is 2.25. The number of sulfonamides is 1. The van der Waals surface area contributed by atoms with Crippen molar-refractivity contribution < 1.29 is 17.2 Å². The molecule has 0 saturated carbocycles. The molecule has 0 fully saturated rings. The maximum Gasteiger partial charge on any atom is 0.263 e. The van der Waals surface area contributed by atoms with Crippen LogP contribution in [0.25, 0.3) is 0 Å². The van der Waals surface area contributed by atoms with Crippen LogP contribution in [0.5, 0.6) is 0 Å². The van der Waals surface area contributed by atoms with Crippen LogP contribution in [0.1, 0.15) is 0 Å². The number of nitrogen functional groups attached to an aromatic ring is 1. The van der Waals surface area contributed by atoms with Crippen molar-refractivity contribution >= 4 is 37.3 Å². The lowest BCUT2D eigenvalue weighted by Crippen LogP contribution is -2.14. The summed E-state index contributed by atoms with van der Waals surface area (Å²) >= 11 is 3.08. The van der Waals surface area contributed by atoms with Crippen molar-refractivity contribution in [2.45, 2.75) is 4.90 Å². The van der Waals surface area contributed by atoms with Gasteiger partial charge in [-0.05, 0) is 46.3 Å². The number of rotatable bonds is 3. The van der Waals surface area contributed by atoms with Gasteiger partial charge in [-0.2, -0.15) is 0 Å². The molecule has 0 radical (unpaired) electrons. The summed E-state index contributed by atoms with van der Waals surface area (Å²) in [4.78, 5) is -0.0867. The SMILES string of the molecule is Nc1ccc(S(=O)(=O)Nc2cc(F)cc(F)c2)c(Br)c1. The molecule has 4 nitrogen and oxygen atoms in total. The Balaban J connectivity index is 2.40. The highest BCUT2D eigenvalue weighted by Crippen LogP contribution is 2.26. The first-order valence-corrected chi connectivity index (χ1v) is 7.59. The Hall–Kier alpha value is -1.67. The van der Waals surface area contributed by atoms with Crippen molar-refractivity contribution in [2.75, 3.05) is 10.5 Å².